The molecule has 2 saturated heterocycles. The van der Waals surface area contributed by atoms with Gasteiger partial charge in [-0.05, 0) is 116 Å². The molecule has 0 aromatic heterocycles. The molecule has 0 unspecified atom stereocenters. The Bertz CT molecular complexity index is 1450. The van der Waals surface area contributed by atoms with Crippen LogP contribution in [0.15, 0.2) is 12.2 Å². The second-order valence-corrected chi connectivity index (χ2v) is 20.4. The molecule has 11 N–H and O–H groups in total. The van der Waals surface area contributed by atoms with Crippen LogP contribution in [-0.4, -0.2) is 161 Å². The SMILES string of the molecule is C=C(C)[C@@H](CC[C@](C)(O[C@@H]1O[C@H](CO)[C@@H](O)[C@H](O)[C@H]1O)[C@H]1CC[C@]2(C)[C@@H]1[C@H](O)C[C@@H]1[C@@]3(C)CC[C@H](O)C(C)(C)[C@@H]3[C@@H](O[C@@H]3O[C@H](CO)[C@@H](O)[C@H](O)[C@H]3O)C[C@]12C)OO. The quantitative estimate of drug-likeness (QED) is 0.0556. The molecule has 2 heterocycles. The lowest BCUT2D eigenvalue weighted by Crippen LogP contribution is -2.71. The lowest BCUT2D eigenvalue weighted by molar-refractivity contribution is -0.350. The van der Waals surface area contributed by atoms with E-state index in [1.165, 1.54) is 0 Å². The van der Waals surface area contributed by atoms with Gasteiger partial charge in [0.15, 0.2) is 12.6 Å². The van der Waals surface area contributed by atoms with Crippen LogP contribution in [0.2, 0.25) is 0 Å². The van der Waals surface area contributed by atoms with Gasteiger partial charge in [0.1, 0.15) is 54.9 Å². The van der Waals surface area contributed by atoms with Crippen LogP contribution in [-0.2, 0) is 23.8 Å². The zero-order valence-corrected chi connectivity index (χ0v) is 35.1. The average molecular weight is 833 g/mol. The van der Waals surface area contributed by atoms with E-state index in [1.54, 1.807) is 6.92 Å². The Kier molecular flexibility index (Phi) is 13.4. The van der Waals surface area contributed by atoms with Crippen molar-refractivity contribution in [1.82, 2.24) is 0 Å². The Morgan fingerprint density at radius 1 is 0.793 bits per heavy atom. The number of fused-ring (bicyclic) bond motifs is 5. The normalized spacial score (nSPS) is 51.9. The van der Waals surface area contributed by atoms with E-state index < -0.39 is 132 Å². The second-order valence-electron chi connectivity index (χ2n) is 20.4. The van der Waals surface area contributed by atoms with Gasteiger partial charge in [-0.1, -0.05) is 41.2 Å². The Balaban J connectivity index is 1.40. The molecule has 6 fully saturated rings. The van der Waals surface area contributed by atoms with Crippen molar-refractivity contribution in [2.75, 3.05) is 13.2 Å². The van der Waals surface area contributed by atoms with E-state index in [0.29, 0.717) is 44.1 Å². The summed E-state index contributed by atoms with van der Waals surface area (Å²) in [7, 11) is 0. The standard InChI is InChI=1S/C42H72O16/c1-19(2)22(58-53)10-14-42(8,57-37-34(52)32(50)30(48)25(18-44)56-37)20-9-13-40(6)28(20)21(45)15-26-39(5)12-11-27(46)38(3,4)35(39)23(16-41(26,40)7)54-36-33(51)31(49)29(47)24(17-43)55-36/h20-37,43-53H,1,9-18H2,2-8H3/t20-,21+,22+,23-,24+,25+,26+,27-,28-,29+,30+,31-,32-,33+,34+,35-,36+,37-,39+,40+,41+,42-/m0/s1. The summed E-state index contributed by atoms with van der Waals surface area (Å²) in [5, 5.41) is 119. The Labute approximate surface area is 341 Å². The molecule has 0 bridgehead atoms. The van der Waals surface area contributed by atoms with E-state index in [-0.39, 0.29) is 30.6 Å². The van der Waals surface area contributed by atoms with Crippen LogP contribution in [0.5, 0.6) is 0 Å². The first-order valence-electron chi connectivity index (χ1n) is 21.2. The van der Waals surface area contributed by atoms with Gasteiger partial charge in [-0.3, -0.25) is 5.26 Å². The van der Waals surface area contributed by atoms with E-state index in [4.69, 9.17) is 23.8 Å². The topological polar surface area (TPSA) is 269 Å². The maximum Gasteiger partial charge on any atom is 0.187 e. The van der Waals surface area contributed by atoms with E-state index in [2.05, 4.69) is 27.4 Å². The molecule has 22 atom stereocenters. The number of ether oxygens (including phenoxy) is 4. The van der Waals surface area contributed by atoms with Crippen LogP contribution < -0.4 is 0 Å². The Hall–Kier alpha value is -0.900. The van der Waals surface area contributed by atoms with Crippen molar-refractivity contribution in [3.63, 3.8) is 0 Å². The van der Waals surface area contributed by atoms with Crippen LogP contribution in [0.1, 0.15) is 99.8 Å². The highest BCUT2D eigenvalue weighted by molar-refractivity contribution is 5.22. The fourth-order valence-electron chi connectivity index (χ4n) is 13.6. The van der Waals surface area contributed by atoms with Crippen molar-refractivity contribution >= 4 is 0 Å². The minimum Gasteiger partial charge on any atom is -0.394 e. The summed E-state index contributed by atoms with van der Waals surface area (Å²) in [4.78, 5) is 4.78. The van der Waals surface area contributed by atoms with Crippen LogP contribution in [0.25, 0.3) is 0 Å². The first-order valence-corrected chi connectivity index (χ1v) is 21.2. The summed E-state index contributed by atoms with van der Waals surface area (Å²) in [6.07, 6.45) is -14.2. The van der Waals surface area contributed by atoms with Gasteiger partial charge in [0.25, 0.3) is 0 Å². The van der Waals surface area contributed by atoms with E-state index in [9.17, 15) is 56.3 Å². The number of hydrogen-bond donors (Lipinski definition) is 11. The third-order valence-corrected chi connectivity index (χ3v) is 17.0. The monoisotopic (exact) mass is 832 g/mol. The molecule has 58 heavy (non-hydrogen) atoms. The molecule has 336 valence electrons. The predicted molar refractivity (Wildman–Crippen MR) is 205 cm³/mol. The van der Waals surface area contributed by atoms with Gasteiger partial charge < -0.3 is 70.0 Å². The molecule has 6 rings (SSSR count). The summed E-state index contributed by atoms with van der Waals surface area (Å²) in [6, 6.07) is 0. The van der Waals surface area contributed by atoms with Crippen molar-refractivity contribution in [2.45, 2.75) is 191 Å². The molecule has 0 aromatic carbocycles. The van der Waals surface area contributed by atoms with Crippen LogP contribution in [0, 0.1) is 45.3 Å². The fraction of sp³-hybridized carbons (Fsp3) is 0.952. The number of hydrogen-bond acceptors (Lipinski definition) is 16. The molecule has 0 amide bonds. The molecule has 2 aliphatic heterocycles. The minimum absolute atomic E-state index is 0.0605. The highest BCUT2D eigenvalue weighted by atomic mass is 17.1. The van der Waals surface area contributed by atoms with Crippen molar-refractivity contribution in [3.05, 3.63) is 12.2 Å². The van der Waals surface area contributed by atoms with Crippen molar-refractivity contribution in [3.8, 4) is 0 Å². The number of aliphatic hydroxyl groups is 10. The Morgan fingerprint density at radius 3 is 1.91 bits per heavy atom. The molecule has 0 aromatic rings. The number of rotatable bonds is 12. The summed E-state index contributed by atoms with van der Waals surface area (Å²) in [5.41, 5.74) is -2.95. The minimum atomic E-state index is -1.67. The second kappa shape index (κ2) is 16.7. The summed E-state index contributed by atoms with van der Waals surface area (Å²) in [6.45, 7) is 16.9. The summed E-state index contributed by atoms with van der Waals surface area (Å²) in [5.74, 6) is -1.15. The van der Waals surface area contributed by atoms with Crippen molar-refractivity contribution in [1.29, 1.82) is 0 Å². The molecular formula is C42H72O16. The third-order valence-electron chi connectivity index (χ3n) is 17.0. The molecule has 4 aliphatic carbocycles. The first-order chi connectivity index (χ1) is 27.0. The third kappa shape index (κ3) is 7.35. The van der Waals surface area contributed by atoms with Crippen molar-refractivity contribution < 1.29 is 80.2 Å². The maximum atomic E-state index is 12.6. The highest BCUT2D eigenvalue weighted by Crippen LogP contribution is 2.76. The molecule has 0 radical (unpaired) electrons. The van der Waals surface area contributed by atoms with Gasteiger partial charge >= 0.3 is 0 Å². The van der Waals surface area contributed by atoms with Gasteiger partial charge in [0, 0.05) is 0 Å². The summed E-state index contributed by atoms with van der Waals surface area (Å²) >= 11 is 0. The molecular weight excluding hydrogens is 760 g/mol. The van der Waals surface area contributed by atoms with Crippen LogP contribution >= 0.6 is 0 Å². The average Bonchev–Trinajstić information content (AvgIpc) is 3.55. The maximum absolute atomic E-state index is 12.6. The largest absolute Gasteiger partial charge is 0.394 e. The molecule has 0 spiro atoms. The number of aliphatic hydroxyl groups excluding tert-OH is 10. The fourth-order valence-corrected chi connectivity index (χ4v) is 13.6. The highest BCUT2D eigenvalue weighted by Gasteiger charge is 2.74. The predicted octanol–water partition coefficient (Wildman–Crippen LogP) is 0.588. The Morgan fingerprint density at radius 2 is 1.36 bits per heavy atom. The van der Waals surface area contributed by atoms with Crippen LogP contribution in [0.3, 0.4) is 0 Å². The van der Waals surface area contributed by atoms with Crippen LogP contribution in [0.4, 0.5) is 0 Å². The van der Waals surface area contributed by atoms with Gasteiger partial charge in [-0.2, -0.15) is 0 Å². The van der Waals surface area contributed by atoms with Gasteiger partial charge in [0.2, 0.25) is 0 Å². The lowest BCUT2D eigenvalue weighted by Gasteiger charge is -2.72. The van der Waals surface area contributed by atoms with Gasteiger partial charge in [-0.15, -0.1) is 0 Å². The smallest absolute Gasteiger partial charge is 0.187 e. The lowest BCUT2D eigenvalue weighted by atomic mass is 9.34. The zero-order valence-electron chi connectivity index (χ0n) is 35.1. The van der Waals surface area contributed by atoms with E-state index >= 15 is 0 Å². The van der Waals surface area contributed by atoms with Crippen molar-refractivity contribution in [2.24, 2.45) is 45.3 Å². The molecule has 6 aliphatic rings. The van der Waals surface area contributed by atoms with E-state index in [0.717, 1.165) is 0 Å². The summed E-state index contributed by atoms with van der Waals surface area (Å²) < 4.78 is 25.3. The van der Waals surface area contributed by atoms with E-state index in [1.807, 2.05) is 20.8 Å². The van der Waals surface area contributed by atoms with Gasteiger partial charge in [0.05, 0.1) is 37.1 Å². The molecule has 16 heteroatoms. The van der Waals surface area contributed by atoms with Gasteiger partial charge in [-0.25, -0.2) is 4.89 Å². The molecule has 4 saturated carbocycles. The first kappa shape index (κ1) is 46.6. The zero-order chi connectivity index (χ0) is 43.1. The molecule has 16 nitrogen and oxygen atoms in total.